The molecular weight excluding hydrogens is 180 g/mol. The molecule has 0 bridgehead atoms. The second kappa shape index (κ2) is 4.75. The molecule has 4 N–H and O–H groups in total. The monoisotopic (exact) mass is 202 g/mol. The van der Waals surface area contributed by atoms with Gasteiger partial charge in [0, 0.05) is 18.5 Å². The van der Waals surface area contributed by atoms with E-state index in [2.05, 4.69) is 0 Å². The Morgan fingerprint density at radius 1 is 1.14 bits per heavy atom. The first-order valence-electron chi connectivity index (χ1n) is 4.82. The Balaban J connectivity index is 4.10. The number of esters is 1. The second-order valence-corrected chi connectivity index (χ2v) is 5.03. The van der Waals surface area contributed by atoms with Crippen molar-refractivity contribution in [3.8, 4) is 0 Å². The van der Waals surface area contributed by atoms with E-state index in [0.29, 0.717) is 13.2 Å². The highest BCUT2D eigenvalue weighted by molar-refractivity contribution is 5.76. The first kappa shape index (κ1) is 13.4. The molecule has 14 heavy (non-hydrogen) atoms. The molecule has 0 fully saturated rings. The van der Waals surface area contributed by atoms with Crippen LogP contribution in [0.25, 0.3) is 0 Å². The smallest absolute Gasteiger partial charge is 0.312 e. The average Bonchev–Trinajstić information content (AvgIpc) is 2.14. The molecule has 4 heteroatoms. The SMILES string of the molecule is CC(C)(CN)COC(=O)C(C)(C)CN. The summed E-state index contributed by atoms with van der Waals surface area (Å²) in [6.07, 6.45) is 0. The van der Waals surface area contributed by atoms with Gasteiger partial charge in [0.05, 0.1) is 12.0 Å². The Labute approximate surface area is 86.0 Å². The summed E-state index contributed by atoms with van der Waals surface area (Å²) in [6, 6.07) is 0. The largest absolute Gasteiger partial charge is 0.465 e. The average molecular weight is 202 g/mol. The predicted octanol–water partition coefficient (Wildman–Crippen LogP) is 0.499. The van der Waals surface area contributed by atoms with Gasteiger partial charge in [-0.3, -0.25) is 4.79 Å². The van der Waals surface area contributed by atoms with Crippen LogP contribution < -0.4 is 11.5 Å². The number of hydrogen-bond acceptors (Lipinski definition) is 4. The Kier molecular flexibility index (Phi) is 4.55. The Morgan fingerprint density at radius 3 is 2.00 bits per heavy atom. The van der Waals surface area contributed by atoms with Crippen molar-refractivity contribution in [2.45, 2.75) is 27.7 Å². The predicted molar refractivity (Wildman–Crippen MR) is 56.6 cm³/mol. The summed E-state index contributed by atoms with van der Waals surface area (Å²) < 4.78 is 5.15. The summed E-state index contributed by atoms with van der Waals surface area (Å²) >= 11 is 0. The highest BCUT2D eigenvalue weighted by atomic mass is 16.5. The summed E-state index contributed by atoms with van der Waals surface area (Å²) in [5.41, 5.74) is 10.2. The minimum Gasteiger partial charge on any atom is -0.465 e. The second-order valence-electron chi connectivity index (χ2n) is 5.03. The van der Waals surface area contributed by atoms with Crippen LogP contribution in [0.15, 0.2) is 0 Å². The van der Waals surface area contributed by atoms with Crippen molar-refractivity contribution in [3.63, 3.8) is 0 Å². The third-order valence-corrected chi connectivity index (χ3v) is 2.21. The molecule has 0 saturated carbocycles. The Bertz CT molecular complexity index is 200. The van der Waals surface area contributed by atoms with E-state index in [-0.39, 0.29) is 17.9 Å². The van der Waals surface area contributed by atoms with Crippen molar-refractivity contribution in [2.24, 2.45) is 22.3 Å². The zero-order chi connectivity index (χ0) is 11.4. The van der Waals surface area contributed by atoms with Crippen LogP contribution in [0.4, 0.5) is 0 Å². The van der Waals surface area contributed by atoms with Gasteiger partial charge in [-0.25, -0.2) is 0 Å². The lowest BCUT2D eigenvalue weighted by atomic mass is 9.93. The lowest BCUT2D eigenvalue weighted by Crippen LogP contribution is -2.37. The van der Waals surface area contributed by atoms with E-state index in [0.717, 1.165) is 0 Å². The van der Waals surface area contributed by atoms with Gasteiger partial charge in [-0.05, 0) is 13.8 Å². The third kappa shape index (κ3) is 4.07. The van der Waals surface area contributed by atoms with Crippen LogP contribution in [0.5, 0.6) is 0 Å². The number of carbonyl (C=O) groups excluding carboxylic acids is 1. The van der Waals surface area contributed by atoms with Crippen molar-refractivity contribution in [1.29, 1.82) is 0 Å². The van der Waals surface area contributed by atoms with Gasteiger partial charge < -0.3 is 16.2 Å². The summed E-state index contributed by atoms with van der Waals surface area (Å²) in [7, 11) is 0. The molecule has 0 aliphatic rings. The van der Waals surface area contributed by atoms with Crippen molar-refractivity contribution in [3.05, 3.63) is 0 Å². The zero-order valence-electron chi connectivity index (χ0n) is 9.59. The maximum absolute atomic E-state index is 11.5. The van der Waals surface area contributed by atoms with E-state index in [1.54, 1.807) is 13.8 Å². The molecule has 0 spiro atoms. The molecule has 0 saturated heterocycles. The maximum Gasteiger partial charge on any atom is 0.312 e. The molecule has 4 nitrogen and oxygen atoms in total. The van der Waals surface area contributed by atoms with Crippen LogP contribution in [-0.4, -0.2) is 25.7 Å². The van der Waals surface area contributed by atoms with Gasteiger partial charge in [-0.15, -0.1) is 0 Å². The molecule has 0 aromatic carbocycles. The third-order valence-electron chi connectivity index (χ3n) is 2.21. The van der Waals surface area contributed by atoms with Crippen molar-refractivity contribution in [1.82, 2.24) is 0 Å². The molecule has 0 atom stereocenters. The fourth-order valence-electron chi connectivity index (χ4n) is 0.599. The molecular formula is C10H22N2O2. The molecule has 0 heterocycles. The van der Waals surface area contributed by atoms with Crippen molar-refractivity contribution in [2.75, 3.05) is 19.7 Å². The number of hydrogen-bond donors (Lipinski definition) is 2. The van der Waals surface area contributed by atoms with Gasteiger partial charge >= 0.3 is 5.97 Å². The quantitative estimate of drug-likeness (QED) is 0.636. The van der Waals surface area contributed by atoms with E-state index in [1.807, 2.05) is 13.8 Å². The van der Waals surface area contributed by atoms with Gasteiger partial charge in [0.25, 0.3) is 0 Å². The van der Waals surface area contributed by atoms with E-state index in [1.165, 1.54) is 0 Å². The highest BCUT2D eigenvalue weighted by Gasteiger charge is 2.29. The molecule has 0 unspecified atom stereocenters. The van der Waals surface area contributed by atoms with Crippen molar-refractivity contribution < 1.29 is 9.53 Å². The molecule has 0 aliphatic carbocycles. The standard InChI is InChI=1S/C10H22N2O2/c1-9(2,5-11)7-14-8(13)10(3,4)6-12/h5-7,11-12H2,1-4H3. The maximum atomic E-state index is 11.5. The van der Waals surface area contributed by atoms with Gasteiger partial charge in [0.1, 0.15) is 0 Å². The normalized spacial score (nSPS) is 12.7. The lowest BCUT2D eigenvalue weighted by molar-refractivity contribution is -0.156. The van der Waals surface area contributed by atoms with Crippen LogP contribution in [-0.2, 0) is 9.53 Å². The zero-order valence-corrected chi connectivity index (χ0v) is 9.59. The molecule has 0 rings (SSSR count). The molecule has 0 aliphatic heterocycles. The number of carbonyl (C=O) groups is 1. The van der Waals surface area contributed by atoms with E-state index >= 15 is 0 Å². The van der Waals surface area contributed by atoms with Gasteiger partial charge in [-0.1, -0.05) is 13.8 Å². The molecule has 0 aromatic rings. The van der Waals surface area contributed by atoms with Crippen LogP contribution in [0, 0.1) is 10.8 Å². The lowest BCUT2D eigenvalue weighted by Gasteiger charge is -2.26. The summed E-state index contributed by atoms with van der Waals surface area (Å²) in [4.78, 5) is 11.5. The first-order chi connectivity index (χ1) is 6.25. The van der Waals surface area contributed by atoms with E-state index < -0.39 is 5.41 Å². The van der Waals surface area contributed by atoms with Gasteiger partial charge in [-0.2, -0.15) is 0 Å². The Hall–Kier alpha value is -0.610. The summed E-state index contributed by atoms with van der Waals surface area (Å²) in [5, 5.41) is 0. The van der Waals surface area contributed by atoms with Gasteiger partial charge in [0.15, 0.2) is 0 Å². The molecule has 0 amide bonds. The van der Waals surface area contributed by atoms with Crippen LogP contribution >= 0.6 is 0 Å². The van der Waals surface area contributed by atoms with Crippen LogP contribution in [0.2, 0.25) is 0 Å². The molecule has 84 valence electrons. The first-order valence-corrected chi connectivity index (χ1v) is 4.82. The van der Waals surface area contributed by atoms with Crippen molar-refractivity contribution >= 4 is 5.97 Å². The van der Waals surface area contributed by atoms with Crippen LogP contribution in [0.1, 0.15) is 27.7 Å². The fraction of sp³-hybridized carbons (Fsp3) is 0.900. The Morgan fingerprint density at radius 2 is 1.64 bits per heavy atom. The molecule has 0 aromatic heterocycles. The fourth-order valence-corrected chi connectivity index (χ4v) is 0.599. The van der Waals surface area contributed by atoms with Crippen LogP contribution in [0.3, 0.4) is 0 Å². The number of ether oxygens (including phenoxy) is 1. The topological polar surface area (TPSA) is 78.3 Å². The minimum absolute atomic E-state index is 0.166. The van der Waals surface area contributed by atoms with E-state index in [4.69, 9.17) is 16.2 Å². The minimum atomic E-state index is -0.606. The molecule has 0 radical (unpaired) electrons. The van der Waals surface area contributed by atoms with Gasteiger partial charge in [0.2, 0.25) is 0 Å². The summed E-state index contributed by atoms with van der Waals surface area (Å²) in [5.74, 6) is -0.262. The summed E-state index contributed by atoms with van der Waals surface area (Å²) in [6.45, 7) is 8.56. The number of rotatable bonds is 5. The van der Waals surface area contributed by atoms with E-state index in [9.17, 15) is 4.79 Å². The highest BCUT2D eigenvalue weighted by Crippen LogP contribution is 2.18. The number of nitrogens with two attached hydrogens (primary N) is 2.